The molecule has 0 aliphatic carbocycles. The van der Waals surface area contributed by atoms with Crippen LogP contribution in [0.5, 0.6) is 0 Å². The summed E-state index contributed by atoms with van der Waals surface area (Å²) in [5.41, 5.74) is 2.98. The van der Waals surface area contributed by atoms with E-state index >= 15 is 0 Å². The van der Waals surface area contributed by atoms with Crippen LogP contribution in [0.1, 0.15) is 41.1 Å². The summed E-state index contributed by atoms with van der Waals surface area (Å²) in [6, 6.07) is 2.79. The van der Waals surface area contributed by atoms with Crippen molar-refractivity contribution in [1.82, 2.24) is 5.32 Å². The number of likely N-dealkylation sites (N-methyl/N-ethyl adjacent to an activating group) is 1. The van der Waals surface area contributed by atoms with Gasteiger partial charge in [-0.1, -0.05) is 6.92 Å². The fraction of sp³-hybridized carbons (Fsp3) is 0.600. The van der Waals surface area contributed by atoms with Crippen molar-refractivity contribution in [2.45, 2.75) is 38.0 Å². The van der Waals surface area contributed by atoms with Crippen molar-refractivity contribution in [3.05, 3.63) is 33.2 Å². The predicted octanol–water partition coefficient (Wildman–Crippen LogP) is 3.88. The first-order valence-electron chi connectivity index (χ1n) is 7.11. The quantitative estimate of drug-likeness (QED) is 0.911. The molecular formula is C15H21NOS2. The van der Waals surface area contributed by atoms with Crippen LogP contribution in [0, 0.1) is 0 Å². The second kappa shape index (κ2) is 6.33. The van der Waals surface area contributed by atoms with Crippen LogP contribution in [0.25, 0.3) is 0 Å². The first-order chi connectivity index (χ1) is 9.38. The fourth-order valence-corrected chi connectivity index (χ4v) is 5.22. The second-order valence-electron chi connectivity index (χ2n) is 5.06. The SMILES string of the molecule is CCNC(C1=COCCC1)c1cc2c(s1)CCSC2. The summed E-state index contributed by atoms with van der Waals surface area (Å²) in [5, 5.41) is 3.63. The Hall–Kier alpha value is -0.450. The first-order valence-corrected chi connectivity index (χ1v) is 9.08. The van der Waals surface area contributed by atoms with Gasteiger partial charge in [-0.3, -0.25) is 0 Å². The molecular weight excluding hydrogens is 274 g/mol. The number of ether oxygens (including phenoxy) is 1. The summed E-state index contributed by atoms with van der Waals surface area (Å²) < 4.78 is 5.53. The van der Waals surface area contributed by atoms with Gasteiger partial charge in [-0.2, -0.15) is 11.8 Å². The average molecular weight is 295 g/mol. The van der Waals surface area contributed by atoms with Crippen LogP contribution in [0.2, 0.25) is 0 Å². The highest BCUT2D eigenvalue weighted by Gasteiger charge is 2.23. The standard InChI is InChI=1S/C15H21NOS2/c1-2-16-15(11-4-3-6-17-9-11)14-8-12-10-18-7-5-13(12)19-14/h8-9,15-16H,2-7,10H2,1H3. The molecule has 1 unspecified atom stereocenters. The summed E-state index contributed by atoms with van der Waals surface area (Å²) >= 11 is 4.06. The lowest BCUT2D eigenvalue weighted by Gasteiger charge is -2.23. The molecule has 2 nitrogen and oxygen atoms in total. The number of aryl methyl sites for hydroxylation is 1. The third kappa shape index (κ3) is 3.01. The monoisotopic (exact) mass is 295 g/mol. The number of hydrogen-bond donors (Lipinski definition) is 1. The molecule has 4 heteroatoms. The van der Waals surface area contributed by atoms with Crippen molar-refractivity contribution in [3.8, 4) is 0 Å². The van der Waals surface area contributed by atoms with Crippen LogP contribution < -0.4 is 5.32 Å². The summed E-state index contributed by atoms with van der Waals surface area (Å²) in [4.78, 5) is 3.08. The van der Waals surface area contributed by atoms with Crippen LogP contribution in [-0.2, 0) is 16.9 Å². The summed E-state index contributed by atoms with van der Waals surface area (Å²) in [7, 11) is 0. The second-order valence-corrected chi connectivity index (χ2v) is 7.33. The topological polar surface area (TPSA) is 21.3 Å². The summed E-state index contributed by atoms with van der Waals surface area (Å²) in [5.74, 6) is 2.48. The predicted molar refractivity (Wildman–Crippen MR) is 83.9 cm³/mol. The van der Waals surface area contributed by atoms with Crippen LogP contribution in [-0.4, -0.2) is 18.9 Å². The van der Waals surface area contributed by atoms with Gasteiger partial charge in [-0.05, 0) is 48.8 Å². The molecule has 0 saturated heterocycles. The Bertz CT molecular complexity index is 443. The molecule has 104 valence electrons. The molecule has 1 N–H and O–H groups in total. The van der Waals surface area contributed by atoms with Crippen molar-refractivity contribution in [1.29, 1.82) is 0 Å². The highest BCUT2D eigenvalue weighted by Crippen LogP contribution is 2.38. The smallest absolute Gasteiger partial charge is 0.0876 e. The maximum atomic E-state index is 5.53. The van der Waals surface area contributed by atoms with Crippen LogP contribution in [0.4, 0.5) is 0 Å². The minimum atomic E-state index is 0.367. The van der Waals surface area contributed by atoms with Crippen LogP contribution in [0.15, 0.2) is 17.9 Å². The third-order valence-corrected chi connectivity index (χ3v) is 5.98. The molecule has 3 heterocycles. The van der Waals surface area contributed by atoms with Crippen LogP contribution >= 0.6 is 23.1 Å². The van der Waals surface area contributed by atoms with Gasteiger partial charge in [0.25, 0.3) is 0 Å². The van der Waals surface area contributed by atoms with E-state index in [4.69, 9.17) is 4.74 Å². The van der Waals surface area contributed by atoms with E-state index in [2.05, 4.69) is 30.1 Å². The van der Waals surface area contributed by atoms with E-state index in [0.717, 1.165) is 26.0 Å². The largest absolute Gasteiger partial charge is 0.501 e. The van der Waals surface area contributed by atoms with E-state index in [9.17, 15) is 0 Å². The molecule has 3 rings (SSSR count). The number of nitrogens with one attached hydrogen (secondary N) is 1. The maximum absolute atomic E-state index is 5.53. The summed E-state index contributed by atoms with van der Waals surface area (Å²) in [6.45, 7) is 4.06. The Labute approximate surface area is 123 Å². The van der Waals surface area contributed by atoms with Crippen molar-refractivity contribution in [2.75, 3.05) is 18.9 Å². The number of thioether (sulfide) groups is 1. The highest BCUT2D eigenvalue weighted by atomic mass is 32.2. The van der Waals surface area contributed by atoms with Gasteiger partial charge in [0.05, 0.1) is 18.9 Å². The van der Waals surface area contributed by atoms with Gasteiger partial charge >= 0.3 is 0 Å². The van der Waals surface area contributed by atoms with Gasteiger partial charge in [0.2, 0.25) is 0 Å². The minimum Gasteiger partial charge on any atom is -0.501 e. The molecule has 0 spiro atoms. The van der Waals surface area contributed by atoms with Gasteiger partial charge in [0, 0.05) is 15.5 Å². The molecule has 0 fully saturated rings. The number of thiophene rings is 1. The molecule has 1 aromatic heterocycles. The zero-order valence-electron chi connectivity index (χ0n) is 11.4. The lowest BCUT2D eigenvalue weighted by molar-refractivity contribution is 0.219. The van der Waals surface area contributed by atoms with Gasteiger partial charge < -0.3 is 10.1 Å². The Morgan fingerprint density at radius 1 is 1.42 bits per heavy atom. The van der Waals surface area contributed by atoms with E-state index in [1.165, 1.54) is 28.4 Å². The van der Waals surface area contributed by atoms with E-state index in [1.54, 1.807) is 10.4 Å². The molecule has 0 bridgehead atoms. The number of hydrogen-bond acceptors (Lipinski definition) is 4. The normalized spacial score (nSPS) is 20.4. The first kappa shape index (κ1) is 13.5. The van der Waals surface area contributed by atoms with Crippen molar-refractivity contribution >= 4 is 23.1 Å². The lowest BCUT2D eigenvalue weighted by Crippen LogP contribution is -2.23. The molecule has 0 saturated carbocycles. The van der Waals surface area contributed by atoms with Crippen molar-refractivity contribution in [3.63, 3.8) is 0 Å². The van der Waals surface area contributed by atoms with Crippen molar-refractivity contribution < 1.29 is 4.74 Å². The molecule has 0 radical (unpaired) electrons. The molecule has 0 aromatic carbocycles. The van der Waals surface area contributed by atoms with Gasteiger partial charge in [-0.15, -0.1) is 11.3 Å². The number of rotatable bonds is 4. The Kier molecular flexibility index (Phi) is 4.51. The highest BCUT2D eigenvalue weighted by molar-refractivity contribution is 7.98. The molecule has 2 aliphatic heterocycles. The summed E-state index contributed by atoms with van der Waals surface area (Å²) in [6.07, 6.45) is 5.55. The molecule has 1 atom stereocenters. The molecule has 2 aliphatic rings. The fourth-order valence-electron chi connectivity index (χ4n) is 2.73. The van der Waals surface area contributed by atoms with Gasteiger partial charge in [0.15, 0.2) is 0 Å². The average Bonchev–Trinajstić information content (AvgIpc) is 2.89. The Morgan fingerprint density at radius 3 is 3.11 bits per heavy atom. The van der Waals surface area contributed by atoms with Crippen molar-refractivity contribution in [2.24, 2.45) is 0 Å². The lowest BCUT2D eigenvalue weighted by atomic mass is 10.00. The maximum Gasteiger partial charge on any atom is 0.0876 e. The molecule has 1 aromatic rings. The van der Waals surface area contributed by atoms with E-state index in [-0.39, 0.29) is 0 Å². The van der Waals surface area contributed by atoms with Gasteiger partial charge in [-0.25, -0.2) is 0 Å². The van der Waals surface area contributed by atoms with E-state index < -0.39 is 0 Å². The Morgan fingerprint density at radius 2 is 2.37 bits per heavy atom. The minimum absolute atomic E-state index is 0.367. The number of fused-ring (bicyclic) bond motifs is 1. The third-order valence-electron chi connectivity index (χ3n) is 3.67. The van der Waals surface area contributed by atoms with Gasteiger partial charge in [0.1, 0.15) is 0 Å². The zero-order chi connectivity index (χ0) is 13.1. The molecule has 0 amide bonds. The Balaban J connectivity index is 1.86. The zero-order valence-corrected chi connectivity index (χ0v) is 13.0. The van der Waals surface area contributed by atoms with E-state index in [0.29, 0.717) is 6.04 Å². The van der Waals surface area contributed by atoms with E-state index in [1.807, 2.05) is 17.6 Å². The van der Waals surface area contributed by atoms with Crippen LogP contribution in [0.3, 0.4) is 0 Å². The molecule has 19 heavy (non-hydrogen) atoms.